The average molecular weight is 260 g/mol. The second kappa shape index (κ2) is 6.64. The van der Waals surface area contributed by atoms with Crippen molar-refractivity contribution in [1.82, 2.24) is 0 Å². The maximum Gasteiger partial charge on any atom is 0.263 e. The van der Waals surface area contributed by atoms with E-state index < -0.39 is 6.43 Å². The van der Waals surface area contributed by atoms with Crippen LogP contribution in [0.3, 0.4) is 0 Å². The smallest absolute Gasteiger partial charge is 0.263 e. The largest absolute Gasteiger partial charge is 0.390 e. The van der Waals surface area contributed by atoms with E-state index in [2.05, 4.69) is 11.4 Å². The summed E-state index contributed by atoms with van der Waals surface area (Å²) in [4.78, 5) is 5.05. The Labute approximate surface area is 110 Å². The van der Waals surface area contributed by atoms with Crippen LogP contribution in [0.1, 0.15) is 23.1 Å². The van der Waals surface area contributed by atoms with Crippen LogP contribution in [0.15, 0.2) is 59.8 Å². The third-order valence-corrected chi connectivity index (χ3v) is 2.45. The van der Waals surface area contributed by atoms with Crippen LogP contribution >= 0.6 is 0 Å². The van der Waals surface area contributed by atoms with Crippen molar-refractivity contribution in [2.24, 2.45) is 5.16 Å². The lowest BCUT2D eigenvalue weighted by molar-refractivity contribution is 0.132. The Balaban J connectivity index is 1.90. The molecule has 2 aromatic carbocycles. The number of hydrogen-bond donors (Lipinski definition) is 0. The van der Waals surface area contributed by atoms with Crippen molar-refractivity contribution in [2.75, 3.05) is 0 Å². The van der Waals surface area contributed by atoms with Gasteiger partial charge in [-0.15, -0.1) is 0 Å². The van der Waals surface area contributed by atoms with Crippen LogP contribution in [0.25, 0.3) is 0 Å². The lowest BCUT2D eigenvalue weighted by Crippen LogP contribution is -1.90. The average Bonchev–Trinajstić information content (AvgIpc) is 2.45. The maximum absolute atomic E-state index is 12.5. The minimum atomic E-state index is -2.49. The van der Waals surface area contributed by atoms with E-state index in [0.29, 0.717) is 12.2 Å². The first-order valence-electron chi connectivity index (χ1n) is 5.76. The molecule has 0 N–H and O–H groups in total. The molecule has 0 aromatic heterocycles. The van der Waals surface area contributed by atoms with Gasteiger partial charge < -0.3 is 4.84 Å². The van der Waals surface area contributed by atoms with Crippen LogP contribution in [0.5, 0.6) is 0 Å². The SMILES string of the molecule is FC(F)c1cccc(/[C]=N\OCc2ccccc2)c1. The number of alkyl halides is 2. The van der Waals surface area contributed by atoms with Crippen LogP contribution in [0.2, 0.25) is 0 Å². The summed E-state index contributed by atoms with van der Waals surface area (Å²) >= 11 is 0. The Morgan fingerprint density at radius 1 is 1.05 bits per heavy atom. The predicted octanol–water partition coefficient (Wildman–Crippen LogP) is 4.05. The van der Waals surface area contributed by atoms with Gasteiger partial charge in [0, 0.05) is 11.1 Å². The monoisotopic (exact) mass is 260 g/mol. The molecule has 2 aromatic rings. The fraction of sp³-hybridized carbons (Fsp3) is 0.133. The molecule has 0 aliphatic carbocycles. The van der Waals surface area contributed by atoms with E-state index in [0.717, 1.165) is 5.56 Å². The predicted molar refractivity (Wildman–Crippen MR) is 69.2 cm³/mol. The molecular weight excluding hydrogens is 248 g/mol. The van der Waals surface area contributed by atoms with E-state index in [-0.39, 0.29) is 5.56 Å². The zero-order valence-corrected chi connectivity index (χ0v) is 10.1. The summed E-state index contributed by atoms with van der Waals surface area (Å²) in [7, 11) is 0. The highest BCUT2D eigenvalue weighted by atomic mass is 19.3. The Hall–Kier alpha value is -2.23. The van der Waals surface area contributed by atoms with Crippen LogP contribution in [0, 0.1) is 0 Å². The Kier molecular flexibility index (Phi) is 4.61. The van der Waals surface area contributed by atoms with Crippen molar-refractivity contribution < 1.29 is 13.6 Å². The zero-order valence-electron chi connectivity index (χ0n) is 10.1. The molecule has 97 valence electrons. The van der Waals surface area contributed by atoms with Gasteiger partial charge in [0.2, 0.25) is 0 Å². The second-order valence-electron chi connectivity index (χ2n) is 3.89. The van der Waals surface area contributed by atoms with Gasteiger partial charge in [-0.2, -0.15) is 0 Å². The lowest BCUT2D eigenvalue weighted by Gasteiger charge is -2.00. The molecule has 0 saturated heterocycles. The molecule has 0 aliphatic heterocycles. The van der Waals surface area contributed by atoms with E-state index in [1.165, 1.54) is 18.2 Å². The topological polar surface area (TPSA) is 21.6 Å². The lowest BCUT2D eigenvalue weighted by atomic mass is 10.1. The van der Waals surface area contributed by atoms with Crippen LogP contribution in [0.4, 0.5) is 8.78 Å². The molecule has 0 aliphatic rings. The van der Waals surface area contributed by atoms with Gasteiger partial charge in [0.05, 0.1) is 0 Å². The third-order valence-electron chi connectivity index (χ3n) is 2.45. The van der Waals surface area contributed by atoms with E-state index in [9.17, 15) is 8.78 Å². The Morgan fingerprint density at radius 2 is 1.84 bits per heavy atom. The molecule has 0 bridgehead atoms. The molecule has 0 heterocycles. The normalized spacial score (nSPS) is 11.1. The van der Waals surface area contributed by atoms with Gasteiger partial charge in [-0.3, -0.25) is 0 Å². The van der Waals surface area contributed by atoms with Gasteiger partial charge in [-0.25, -0.2) is 8.78 Å². The van der Waals surface area contributed by atoms with Gasteiger partial charge in [0.15, 0.2) is 0 Å². The van der Waals surface area contributed by atoms with Crippen molar-refractivity contribution in [1.29, 1.82) is 0 Å². The molecule has 0 atom stereocenters. The molecule has 0 amide bonds. The molecule has 1 radical (unpaired) electrons. The van der Waals surface area contributed by atoms with Gasteiger partial charge >= 0.3 is 0 Å². The molecule has 0 saturated carbocycles. The molecule has 2 nitrogen and oxygen atoms in total. The van der Waals surface area contributed by atoms with Crippen molar-refractivity contribution in [3.05, 3.63) is 71.3 Å². The number of hydrogen-bond acceptors (Lipinski definition) is 2. The highest BCUT2D eigenvalue weighted by Gasteiger charge is 2.06. The molecule has 0 fully saturated rings. The fourth-order valence-electron chi connectivity index (χ4n) is 1.51. The first kappa shape index (κ1) is 13.2. The van der Waals surface area contributed by atoms with Gasteiger partial charge in [-0.05, 0) is 11.6 Å². The zero-order chi connectivity index (χ0) is 13.5. The van der Waals surface area contributed by atoms with Crippen LogP contribution in [-0.4, -0.2) is 6.21 Å². The third kappa shape index (κ3) is 4.17. The number of benzene rings is 2. The standard InChI is InChI=1S/C15H12F2NO/c16-15(17)14-8-4-7-13(9-14)10-18-19-11-12-5-2-1-3-6-12/h1-9,15H,11H2. The Morgan fingerprint density at radius 3 is 2.58 bits per heavy atom. The summed E-state index contributed by atoms with van der Waals surface area (Å²) in [5, 5.41) is 3.64. The first-order valence-corrected chi connectivity index (χ1v) is 5.76. The van der Waals surface area contributed by atoms with E-state index in [1.54, 1.807) is 6.07 Å². The summed E-state index contributed by atoms with van der Waals surface area (Å²) in [6, 6.07) is 15.4. The number of halogens is 2. The minimum Gasteiger partial charge on any atom is -0.390 e. The second-order valence-corrected chi connectivity index (χ2v) is 3.89. The maximum atomic E-state index is 12.5. The summed E-state index contributed by atoms with van der Waals surface area (Å²) in [6.45, 7) is 0.322. The van der Waals surface area contributed by atoms with Crippen molar-refractivity contribution in [2.45, 2.75) is 13.0 Å². The quantitative estimate of drug-likeness (QED) is 0.587. The molecule has 19 heavy (non-hydrogen) atoms. The van der Waals surface area contributed by atoms with Crippen molar-refractivity contribution >= 4 is 6.21 Å². The van der Waals surface area contributed by atoms with Crippen LogP contribution < -0.4 is 0 Å². The highest BCUT2D eigenvalue weighted by Crippen LogP contribution is 2.18. The molecule has 0 unspecified atom stereocenters. The van der Waals surface area contributed by atoms with Crippen molar-refractivity contribution in [3.63, 3.8) is 0 Å². The van der Waals surface area contributed by atoms with E-state index >= 15 is 0 Å². The summed E-state index contributed by atoms with van der Waals surface area (Å²) in [6.07, 6.45) is 0.0861. The molecule has 4 heteroatoms. The number of nitrogens with zero attached hydrogens (tertiary/aromatic N) is 1. The van der Waals surface area contributed by atoms with E-state index in [1.807, 2.05) is 30.3 Å². The van der Waals surface area contributed by atoms with Crippen molar-refractivity contribution in [3.8, 4) is 0 Å². The summed E-state index contributed by atoms with van der Waals surface area (Å²) < 4.78 is 24.9. The number of rotatable bonds is 5. The summed E-state index contributed by atoms with van der Waals surface area (Å²) in [5.41, 5.74) is 1.39. The van der Waals surface area contributed by atoms with Crippen LogP contribution in [-0.2, 0) is 11.4 Å². The highest BCUT2D eigenvalue weighted by molar-refractivity contribution is 5.79. The van der Waals surface area contributed by atoms with E-state index in [4.69, 9.17) is 4.84 Å². The minimum absolute atomic E-state index is 0.0525. The van der Waals surface area contributed by atoms with Gasteiger partial charge in [0.1, 0.15) is 12.8 Å². The molecular formula is C15H12F2NO. The van der Waals surface area contributed by atoms with Gasteiger partial charge in [-0.1, -0.05) is 53.7 Å². The molecule has 2 rings (SSSR count). The Bertz CT molecular complexity index is 541. The first-order chi connectivity index (χ1) is 9.25. The fourth-order valence-corrected chi connectivity index (χ4v) is 1.51. The molecule has 0 spiro atoms. The summed E-state index contributed by atoms with van der Waals surface area (Å²) in [5.74, 6) is 0. The van der Waals surface area contributed by atoms with Gasteiger partial charge in [0.25, 0.3) is 6.43 Å².